The molecule has 6 nitrogen and oxygen atoms in total. The normalized spacial score (nSPS) is 10.6. The van der Waals surface area contributed by atoms with Crippen molar-refractivity contribution in [3.8, 4) is 0 Å². The minimum absolute atomic E-state index is 0.0425. The largest absolute Gasteiger partial charge is 0.399 e. The van der Waals surface area contributed by atoms with E-state index in [0.29, 0.717) is 37.2 Å². The highest BCUT2D eigenvalue weighted by Crippen LogP contribution is 2.12. The number of carbonyl (C=O) groups excluding carboxylic acids is 2. The number of likely N-dealkylation sites (N-methyl/N-ethyl adjacent to an activating group) is 1. The minimum Gasteiger partial charge on any atom is -0.399 e. The molecule has 6 heteroatoms. The highest BCUT2D eigenvalue weighted by atomic mass is 16.2. The smallest absolute Gasteiger partial charge is 0.251 e. The number of anilines is 1. The fraction of sp³-hybridized carbons (Fsp3) is 0.333. The number of amides is 2. The standard InChI is InChI=1S/C21H28N4O2/c1-25(2)13-12-23-21(27)18-8-5-6-16(14-18)15-24-20(26)11-10-17-7-3-4-9-19(17)22/h3-9,14H,10-13,15,22H2,1-2H3,(H,23,27)(H,24,26). The third-order valence-corrected chi connectivity index (χ3v) is 4.20. The van der Waals surface area contributed by atoms with Gasteiger partial charge in [-0.2, -0.15) is 0 Å². The molecule has 2 rings (SSSR count). The number of para-hydroxylation sites is 1. The van der Waals surface area contributed by atoms with Crippen LogP contribution in [0.2, 0.25) is 0 Å². The zero-order valence-electron chi connectivity index (χ0n) is 16.0. The molecule has 27 heavy (non-hydrogen) atoms. The lowest BCUT2D eigenvalue weighted by atomic mass is 10.1. The first-order valence-electron chi connectivity index (χ1n) is 9.07. The zero-order valence-corrected chi connectivity index (χ0v) is 16.0. The molecular formula is C21H28N4O2. The molecule has 0 radical (unpaired) electrons. The average Bonchev–Trinajstić information content (AvgIpc) is 2.65. The molecule has 2 amide bonds. The Morgan fingerprint density at radius 1 is 1.04 bits per heavy atom. The van der Waals surface area contributed by atoms with Gasteiger partial charge in [0.25, 0.3) is 5.91 Å². The predicted molar refractivity (Wildman–Crippen MR) is 108 cm³/mol. The maximum Gasteiger partial charge on any atom is 0.251 e. The van der Waals surface area contributed by atoms with Crippen LogP contribution in [0, 0.1) is 0 Å². The maximum atomic E-state index is 12.2. The van der Waals surface area contributed by atoms with E-state index >= 15 is 0 Å². The predicted octanol–water partition coefficient (Wildman–Crippen LogP) is 1.81. The third kappa shape index (κ3) is 7.11. The number of aryl methyl sites for hydroxylation is 1. The van der Waals surface area contributed by atoms with Crippen molar-refractivity contribution in [2.45, 2.75) is 19.4 Å². The molecule has 0 atom stereocenters. The number of nitrogen functional groups attached to an aromatic ring is 1. The highest BCUT2D eigenvalue weighted by Gasteiger charge is 2.08. The Balaban J connectivity index is 1.80. The fourth-order valence-corrected chi connectivity index (χ4v) is 2.62. The maximum absolute atomic E-state index is 12.2. The molecule has 2 aromatic rings. The third-order valence-electron chi connectivity index (χ3n) is 4.20. The van der Waals surface area contributed by atoms with Gasteiger partial charge < -0.3 is 21.3 Å². The molecule has 0 fully saturated rings. The second-order valence-electron chi connectivity index (χ2n) is 6.74. The number of hydrogen-bond acceptors (Lipinski definition) is 4. The van der Waals surface area contributed by atoms with Crippen molar-refractivity contribution < 1.29 is 9.59 Å². The lowest BCUT2D eigenvalue weighted by molar-refractivity contribution is -0.121. The van der Waals surface area contributed by atoms with Gasteiger partial charge in [0.2, 0.25) is 5.91 Å². The van der Waals surface area contributed by atoms with Crippen LogP contribution < -0.4 is 16.4 Å². The summed E-state index contributed by atoms with van der Waals surface area (Å²) in [5, 5.41) is 5.78. The van der Waals surface area contributed by atoms with E-state index in [-0.39, 0.29) is 11.8 Å². The van der Waals surface area contributed by atoms with E-state index < -0.39 is 0 Å². The minimum atomic E-state index is -0.107. The van der Waals surface area contributed by atoms with Crippen molar-refractivity contribution in [2.75, 3.05) is 32.9 Å². The van der Waals surface area contributed by atoms with Crippen LogP contribution in [-0.2, 0) is 17.8 Å². The van der Waals surface area contributed by atoms with Crippen LogP contribution in [0.25, 0.3) is 0 Å². The molecule has 0 spiro atoms. The Morgan fingerprint density at radius 3 is 2.56 bits per heavy atom. The van der Waals surface area contributed by atoms with Crippen molar-refractivity contribution in [3.05, 3.63) is 65.2 Å². The number of nitrogens with zero attached hydrogens (tertiary/aromatic N) is 1. The van der Waals surface area contributed by atoms with Gasteiger partial charge in [0.05, 0.1) is 0 Å². The van der Waals surface area contributed by atoms with Crippen LogP contribution in [0.15, 0.2) is 48.5 Å². The van der Waals surface area contributed by atoms with Crippen LogP contribution in [0.5, 0.6) is 0 Å². The van der Waals surface area contributed by atoms with Gasteiger partial charge in [0, 0.05) is 37.3 Å². The summed E-state index contributed by atoms with van der Waals surface area (Å²) < 4.78 is 0. The number of carbonyl (C=O) groups is 2. The zero-order chi connectivity index (χ0) is 19.6. The van der Waals surface area contributed by atoms with Crippen LogP contribution in [-0.4, -0.2) is 43.9 Å². The Morgan fingerprint density at radius 2 is 1.81 bits per heavy atom. The van der Waals surface area contributed by atoms with Crippen LogP contribution in [0.3, 0.4) is 0 Å². The first-order chi connectivity index (χ1) is 13.0. The van der Waals surface area contributed by atoms with Crippen molar-refractivity contribution in [1.29, 1.82) is 0 Å². The first-order valence-corrected chi connectivity index (χ1v) is 9.07. The van der Waals surface area contributed by atoms with Gasteiger partial charge in [-0.1, -0.05) is 30.3 Å². The lowest BCUT2D eigenvalue weighted by Crippen LogP contribution is -2.31. The Labute approximate surface area is 160 Å². The van der Waals surface area contributed by atoms with E-state index in [1.807, 2.05) is 55.4 Å². The summed E-state index contributed by atoms with van der Waals surface area (Å²) in [6.07, 6.45) is 0.978. The second kappa shape index (κ2) is 10.3. The van der Waals surface area contributed by atoms with E-state index in [0.717, 1.165) is 17.7 Å². The Kier molecular flexibility index (Phi) is 7.82. The summed E-state index contributed by atoms with van der Waals surface area (Å²) in [6, 6.07) is 14.9. The van der Waals surface area contributed by atoms with Crippen molar-refractivity contribution in [1.82, 2.24) is 15.5 Å². The van der Waals surface area contributed by atoms with E-state index in [2.05, 4.69) is 10.6 Å². The van der Waals surface area contributed by atoms with Gasteiger partial charge in [0.1, 0.15) is 0 Å². The molecule has 0 saturated heterocycles. The van der Waals surface area contributed by atoms with E-state index in [4.69, 9.17) is 5.73 Å². The van der Waals surface area contributed by atoms with E-state index in [1.165, 1.54) is 0 Å². The molecule has 4 N–H and O–H groups in total. The monoisotopic (exact) mass is 368 g/mol. The van der Waals surface area contributed by atoms with Gasteiger partial charge in [-0.3, -0.25) is 9.59 Å². The molecule has 0 aliphatic heterocycles. The molecule has 0 heterocycles. The number of nitrogens with two attached hydrogens (primary N) is 1. The van der Waals surface area contributed by atoms with Crippen LogP contribution in [0.1, 0.15) is 27.9 Å². The molecule has 0 aliphatic rings. The Bertz CT molecular complexity index is 774. The molecule has 0 saturated carbocycles. The average molecular weight is 368 g/mol. The fourth-order valence-electron chi connectivity index (χ4n) is 2.62. The molecule has 0 bridgehead atoms. The Hall–Kier alpha value is -2.86. The van der Waals surface area contributed by atoms with Crippen LogP contribution >= 0.6 is 0 Å². The van der Waals surface area contributed by atoms with Crippen molar-refractivity contribution >= 4 is 17.5 Å². The summed E-state index contributed by atoms with van der Waals surface area (Å²) in [5.74, 6) is -0.149. The topological polar surface area (TPSA) is 87.5 Å². The SMILES string of the molecule is CN(C)CCNC(=O)c1cccc(CNC(=O)CCc2ccccc2N)c1. The quantitative estimate of drug-likeness (QED) is 0.589. The number of benzene rings is 2. The number of hydrogen-bond donors (Lipinski definition) is 3. The van der Waals surface area contributed by atoms with Gasteiger partial charge in [-0.15, -0.1) is 0 Å². The van der Waals surface area contributed by atoms with Gasteiger partial charge in [0.15, 0.2) is 0 Å². The van der Waals surface area contributed by atoms with Gasteiger partial charge >= 0.3 is 0 Å². The summed E-state index contributed by atoms with van der Waals surface area (Å²) in [4.78, 5) is 26.3. The molecular weight excluding hydrogens is 340 g/mol. The van der Waals surface area contributed by atoms with Gasteiger partial charge in [-0.05, 0) is 49.8 Å². The molecule has 0 aliphatic carbocycles. The highest BCUT2D eigenvalue weighted by molar-refractivity contribution is 5.94. The van der Waals surface area contributed by atoms with E-state index in [9.17, 15) is 9.59 Å². The molecule has 0 aromatic heterocycles. The van der Waals surface area contributed by atoms with Gasteiger partial charge in [-0.25, -0.2) is 0 Å². The first kappa shape index (κ1) is 20.5. The summed E-state index contributed by atoms with van der Waals surface area (Å²) >= 11 is 0. The van der Waals surface area contributed by atoms with E-state index in [1.54, 1.807) is 12.1 Å². The summed E-state index contributed by atoms with van der Waals surface area (Å²) in [7, 11) is 3.92. The molecule has 0 unspecified atom stereocenters. The van der Waals surface area contributed by atoms with Crippen molar-refractivity contribution in [3.63, 3.8) is 0 Å². The van der Waals surface area contributed by atoms with Crippen molar-refractivity contribution in [2.24, 2.45) is 0 Å². The summed E-state index contributed by atoms with van der Waals surface area (Å²) in [6.45, 7) is 1.77. The second-order valence-corrected chi connectivity index (χ2v) is 6.74. The lowest BCUT2D eigenvalue weighted by Gasteiger charge is -2.11. The van der Waals surface area contributed by atoms with Crippen LogP contribution in [0.4, 0.5) is 5.69 Å². The molecule has 144 valence electrons. The summed E-state index contributed by atoms with van der Waals surface area (Å²) in [5.41, 5.74) is 9.06. The number of nitrogens with one attached hydrogen (secondary N) is 2. The number of rotatable bonds is 9. The molecule has 2 aromatic carbocycles.